The summed E-state index contributed by atoms with van der Waals surface area (Å²) >= 11 is 0. The largest absolute Gasteiger partial charge is 0.459 e. The number of hydrogen-bond acceptors (Lipinski definition) is 3. The van der Waals surface area contributed by atoms with Gasteiger partial charge in [0.05, 0.1) is 11.8 Å². The molecule has 0 aliphatic carbocycles. The third kappa shape index (κ3) is 5.35. The van der Waals surface area contributed by atoms with Crippen LogP contribution in [0, 0.1) is 0 Å². The van der Waals surface area contributed by atoms with Gasteiger partial charge in [-0.3, -0.25) is 9.59 Å². The smallest absolute Gasteiger partial charge is 0.416 e. The number of benzene rings is 2. The van der Waals surface area contributed by atoms with Crippen LogP contribution in [-0.4, -0.2) is 11.8 Å². The lowest BCUT2D eigenvalue weighted by Crippen LogP contribution is -2.30. The number of anilines is 1. The zero-order chi connectivity index (χ0) is 20.9. The van der Waals surface area contributed by atoms with E-state index >= 15 is 0 Å². The molecule has 0 fully saturated rings. The van der Waals surface area contributed by atoms with Gasteiger partial charge in [-0.15, -0.1) is 0 Å². The molecule has 1 heterocycles. The Bertz CT molecular complexity index is 1030. The van der Waals surface area contributed by atoms with Crippen LogP contribution in [0.5, 0.6) is 0 Å². The fraction of sp³-hybridized carbons (Fsp3) is 0.0476. The zero-order valence-electron chi connectivity index (χ0n) is 14.9. The van der Waals surface area contributed by atoms with Gasteiger partial charge >= 0.3 is 6.18 Å². The maximum absolute atomic E-state index is 12.9. The van der Waals surface area contributed by atoms with Gasteiger partial charge in [0.1, 0.15) is 5.70 Å². The van der Waals surface area contributed by atoms with E-state index in [1.54, 1.807) is 30.3 Å². The van der Waals surface area contributed by atoms with E-state index in [9.17, 15) is 22.8 Å². The summed E-state index contributed by atoms with van der Waals surface area (Å²) < 4.78 is 43.7. The number of rotatable bonds is 5. The van der Waals surface area contributed by atoms with Gasteiger partial charge < -0.3 is 15.1 Å². The quantitative estimate of drug-likeness (QED) is 0.610. The Morgan fingerprint density at radius 1 is 0.931 bits per heavy atom. The Morgan fingerprint density at radius 2 is 1.69 bits per heavy atom. The third-order valence-electron chi connectivity index (χ3n) is 3.80. The summed E-state index contributed by atoms with van der Waals surface area (Å²) in [5.41, 5.74) is -0.504. The highest BCUT2D eigenvalue weighted by Crippen LogP contribution is 2.30. The number of furan rings is 1. The Morgan fingerprint density at radius 3 is 2.34 bits per heavy atom. The molecule has 0 saturated carbocycles. The molecule has 8 heteroatoms. The molecular weight excluding hydrogens is 385 g/mol. The van der Waals surface area contributed by atoms with E-state index in [0.717, 1.165) is 12.1 Å². The zero-order valence-corrected chi connectivity index (χ0v) is 14.9. The van der Waals surface area contributed by atoms with Crippen molar-refractivity contribution in [3.8, 4) is 0 Å². The minimum atomic E-state index is -4.54. The standard InChI is InChI=1S/C21H15F3N2O3/c22-21(23,24)15-8-4-9-16(13-15)25-19(27)17(12-14-6-2-1-3-7-14)26-20(28)18-10-5-11-29-18/h1-13H,(H,25,27)(H,26,28)/b17-12-. The van der Waals surface area contributed by atoms with Gasteiger partial charge in [0.15, 0.2) is 5.76 Å². The maximum atomic E-state index is 12.9. The fourth-order valence-corrected chi connectivity index (χ4v) is 2.44. The van der Waals surface area contributed by atoms with Crippen molar-refractivity contribution in [3.63, 3.8) is 0 Å². The second-order valence-electron chi connectivity index (χ2n) is 5.93. The lowest BCUT2D eigenvalue weighted by atomic mass is 10.1. The molecule has 2 amide bonds. The Balaban J connectivity index is 1.86. The van der Waals surface area contributed by atoms with Crippen LogP contribution in [0.25, 0.3) is 6.08 Å². The van der Waals surface area contributed by atoms with Crippen LogP contribution in [0.4, 0.5) is 18.9 Å². The van der Waals surface area contributed by atoms with E-state index in [0.29, 0.717) is 5.56 Å². The molecule has 0 aliphatic rings. The number of halogens is 3. The second-order valence-corrected chi connectivity index (χ2v) is 5.93. The summed E-state index contributed by atoms with van der Waals surface area (Å²) in [5, 5.41) is 4.80. The molecule has 0 unspecified atom stereocenters. The number of carbonyl (C=O) groups is 2. The molecule has 0 aliphatic heterocycles. The molecule has 5 nitrogen and oxygen atoms in total. The van der Waals surface area contributed by atoms with Crippen LogP contribution in [0.2, 0.25) is 0 Å². The van der Waals surface area contributed by atoms with Gasteiger partial charge in [0, 0.05) is 5.69 Å². The van der Waals surface area contributed by atoms with E-state index in [4.69, 9.17) is 4.42 Å². The number of hydrogen-bond donors (Lipinski definition) is 2. The monoisotopic (exact) mass is 400 g/mol. The first kappa shape index (κ1) is 19.9. The fourth-order valence-electron chi connectivity index (χ4n) is 2.44. The van der Waals surface area contributed by atoms with Gasteiger partial charge in [-0.05, 0) is 42.0 Å². The van der Waals surface area contributed by atoms with Gasteiger partial charge in [-0.2, -0.15) is 13.2 Å². The van der Waals surface area contributed by atoms with Gasteiger partial charge in [0.2, 0.25) is 0 Å². The number of amides is 2. The molecule has 29 heavy (non-hydrogen) atoms. The van der Waals surface area contributed by atoms with Crippen molar-refractivity contribution in [2.45, 2.75) is 6.18 Å². The lowest BCUT2D eigenvalue weighted by molar-refractivity contribution is -0.137. The highest BCUT2D eigenvalue weighted by atomic mass is 19.4. The summed E-state index contributed by atoms with van der Waals surface area (Å²) in [6.45, 7) is 0. The number of alkyl halides is 3. The molecule has 148 valence electrons. The van der Waals surface area contributed by atoms with Crippen molar-refractivity contribution in [1.29, 1.82) is 0 Å². The predicted molar refractivity (Wildman–Crippen MR) is 101 cm³/mol. The van der Waals surface area contributed by atoms with Crippen LogP contribution in [0.3, 0.4) is 0 Å². The van der Waals surface area contributed by atoms with E-state index < -0.39 is 23.6 Å². The van der Waals surface area contributed by atoms with E-state index in [-0.39, 0.29) is 17.1 Å². The summed E-state index contributed by atoms with van der Waals surface area (Å²) in [4.78, 5) is 25.0. The van der Waals surface area contributed by atoms with Gasteiger partial charge in [-0.1, -0.05) is 36.4 Å². The molecule has 0 radical (unpaired) electrons. The average Bonchev–Trinajstić information content (AvgIpc) is 3.23. The van der Waals surface area contributed by atoms with E-state index in [1.165, 1.54) is 36.6 Å². The van der Waals surface area contributed by atoms with Gasteiger partial charge in [-0.25, -0.2) is 0 Å². The number of carbonyl (C=O) groups excluding carboxylic acids is 2. The topological polar surface area (TPSA) is 71.3 Å². The van der Waals surface area contributed by atoms with E-state index in [2.05, 4.69) is 10.6 Å². The lowest BCUT2D eigenvalue weighted by Gasteiger charge is -2.12. The Kier molecular flexibility index (Phi) is 5.82. The molecule has 2 aromatic carbocycles. The first-order valence-electron chi connectivity index (χ1n) is 8.43. The molecule has 2 N–H and O–H groups in total. The minimum Gasteiger partial charge on any atom is -0.459 e. The molecule has 0 spiro atoms. The van der Waals surface area contributed by atoms with Crippen molar-refractivity contribution < 1.29 is 27.2 Å². The summed E-state index contributed by atoms with van der Waals surface area (Å²) in [6, 6.07) is 15.8. The average molecular weight is 400 g/mol. The van der Waals surface area contributed by atoms with Crippen molar-refractivity contribution in [2.75, 3.05) is 5.32 Å². The van der Waals surface area contributed by atoms with Crippen LogP contribution in [-0.2, 0) is 11.0 Å². The van der Waals surface area contributed by atoms with Crippen LogP contribution in [0.15, 0.2) is 83.1 Å². The highest BCUT2D eigenvalue weighted by Gasteiger charge is 2.30. The Labute approximate surface area is 163 Å². The van der Waals surface area contributed by atoms with E-state index in [1.807, 2.05) is 0 Å². The van der Waals surface area contributed by atoms with Crippen LogP contribution >= 0.6 is 0 Å². The SMILES string of the molecule is O=C(Nc1cccc(C(F)(F)F)c1)/C(=C/c1ccccc1)NC(=O)c1ccco1. The molecule has 0 saturated heterocycles. The molecular formula is C21H15F3N2O3. The molecule has 3 aromatic rings. The highest BCUT2D eigenvalue weighted by molar-refractivity contribution is 6.10. The van der Waals surface area contributed by atoms with Crippen molar-refractivity contribution >= 4 is 23.6 Å². The summed E-state index contributed by atoms with van der Waals surface area (Å²) in [5.74, 6) is -1.47. The van der Waals surface area contributed by atoms with Crippen molar-refractivity contribution in [3.05, 3.63) is 95.6 Å². The molecule has 0 bridgehead atoms. The first-order chi connectivity index (χ1) is 13.8. The first-order valence-corrected chi connectivity index (χ1v) is 8.43. The molecule has 0 atom stereocenters. The van der Waals surface area contributed by atoms with Gasteiger partial charge in [0.25, 0.3) is 11.8 Å². The van der Waals surface area contributed by atoms with Crippen LogP contribution < -0.4 is 10.6 Å². The molecule has 1 aromatic heterocycles. The normalized spacial score (nSPS) is 11.8. The van der Waals surface area contributed by atoms with Crippen molar-refractivity contribution in [2.24, 2.45) is 0 Å². The summed E-state index contributed by atoms with van der Waals surface area (Å²) in [7, 11) is 0. The predicted octanol–water partition coefficient (Wildman–Crippen LogP) is 4.71. The summed E-state index contributed by atoms with van der Waals surface area (Å²) in [6.07, 6.45) is -1.83. The second kappa shape index (κ2) is 8.47. The minimum absolute atomic E-state index is 0.0177. The maximum Gasteiger partial charge on any atom is 0.416 e. The number of nitrogens with one attached hydrogen (secondary N) is 2. The van der Waals surface area contributed by atoms with Crippen molar-refractivity contribution in [1.82, 2.24) is 5.32 Å². The molecule has 3 rings (SSSR count). The Hall–Kier alpha value is -3.81. The third-order valence-corrected chi connectivity index (χ3v) is 3.80. The van der Waals surface area contributed by atoms with Crippen LogP contribution in [0.1, 0.15) is 21.7 Å².